The van der Waals surface area contributed by atoms with Crippen molar-refractivity contribution in [3.05, 3.63) is 22.6 Å². The number of nitrogens with one attached hydrogen (secondary N) is 2. The third-order valence-electron chi connectivity index (χ3n) is 2.90. The van der Waals surface area contributed by atoms with E-state index in [2.05, 4.69) is 48.1 Å². The van der Waals surface area contributed by atoms with Crippen molar-refractivity contribution in [2.75, 3.05) is 11.9 Å². The van der Waals surface area contributed by atoms with Crippen LogP contribution in [0.4, 0.5) is 5.82 Å². The molecule has 3 rings (SSSR count). The second kappa shape index (κ2) is 4.68. The van der Waals surface area contributed by atoms with Gasteiger partial charge in [0.1, 0.15) is 5.82 Å². The van der Waals surface area contributed by atoms with Crippen molar-refractivity contribution in [3.8, 4) is 11.6 Å². The van der Waals surface area contributed by atoms with Gasteiger partial charge in [-0.25, -0.2) is 15.0 Å². The van der Waals surface area contributed by atoms with Crippen molar-refractivity contribution in [2.24, 2.45) is 0 Å². The van der Waals surface area contributed by atoms with Crippen LogP contribution in [-0.4, -0.2) is 26.5 Å². The Labute approximate surface area is 114 Å². The van der Waals surface area contributed by atoms with Crippen LogP contribution in [0.5, 0.6) is 0 Å². The molecule has 0 aliphatic heterocycles. The molecule has 2 aromatic rings. The first-order chi connectivity index (χ1) is 8.79. The minimum atomic E-state index is 0.563. The third-order valence-corrected chi connectivity index (χ3v) is 3.68. The van der Waals surface area contributed by atoms with E-state index >= 15 is 0 Å². The number of hydrogen-bond donors (Lipinski definition) is 2. The molecule has 1 fully saturated rings. The van der Waals surface area contributed by atoms with Crippen LogP contribution in [0.1, 0.15) is 31.4 Å². The maximum absolute atomic E-state index is 4.63. The molecule has 94 valence electrons. The molecule has 6 heteroatoms. The fourth-order valence-electron chi connectivity index (χ4n) is 1.87. The number of nitrogens with zero attached hydrogens (tertiary/aromatic N) is 3. The summed E-state index contributed by atoms with van der Waals surface area (Å²) in [5, 5.41) is 3.26. The molecule has 1 aliphatic carbocycles. The van der Waals surface area contributed by atoms with Gasteiger partial charge in [-0.15, -0.1) is 0 Å². The smallest absolute Gasteiger partial charge is 0.197 e. The summed E-state index contributed by atoms with van der Waals surface area (Å²) in [7, 11) is 0. The van der Waals surface area contributed by atoms with Gasteiger partial charge in [0.2, 0.25) is 0 Å². The Balaban J connectivity index is 2.09. The lowest BCUT2D eigenvalue weighted by atomic mass is 10.2. The Morgan fingerprint density at radius 1 is 1.44 bits per heavy atom. The van der Waals surface area contributed by atoms with Crippen LogP contribution in [0.2, 0.25) is 0 Å². The second-order valence-corrected chi connectivity index (χ2v) is 5.13. The molecule has 0 atom stereocenters. The number of aromatic amines is 1. The van der Waals surface area contributed by atoms with Crippen LogP contribution in [0.25, 0.3) is 11.6 Å². The van der Waals surface area contributed by atoms with E-state index in [4.69, 9.17) is 0 Å². The minimum Gasteiger partial charge on any atom is -0.369 e. The van der Waals surface area contributed by atoms with Gasteiger partial charge in [0.15, 0.2) is 11.6 Å². The number of rotatable bonds is 4. The molecular formula is C12H14BrN5. The van der Waals surface area contributed by atoms with Crippen LogP contribution < -0.4 is 5.32 Å². The maximum atomic E-state index is 4.63. The largest absolute Gasteiger partial charge is 0.369 e. The average Bonchev–Trinajstić information content (AvgIpc) is 3.06. The first kappa shape index (κ1) is 11.6. The summed E-state index contributed by atoms with van der Waals surface area (Å²) in [5.41, 5.74) is 1.09. The van der Waals surface area contributed by atoms with Crippen molar-refractivity contribution in [3.63, 3.8) is 0 Å². The van der Waals surface area contributed by atoms with E-state index in [0.29, 0.717) is 17.6 Å². The molecule has 1 saturated carbocycles. The van der Waals surface area contributed by atoms with E-state index in [0.717, 1.165) is 22.5 Å². The summed E-state index contributed by atoms with van der Waals surface area (Å²) in [6.45, 7) is 2.88. The molecule has 5 nitrogen and oxygen atoms in total. The van der Waals surface area contributed by atoms with Gasteiger partial charge in [0, 0.05) is 24.9 Å². The van der Waals surface area contributed by atoms with E-state index in [1.807, 2.05) is 0 Å². The molecule has 0 radical (unpaired) electrons. The van der Waals surface area contributed by atoms with Crippen molar-refractivity contribution in [1.29, 1.82) is 0 Å². The van der Waals surface area contributed by atoms with Crippen LogP contribution in [0.3, 0.4) is 0 Å². The highest BCUT2D eigenvalue weighted by atomic mass is 79.9. The van der Waals surface area contributed by atoms with Gasteiger partial charge in [-0.1, -0.05) is 0 Å². The molecule has 2 aromatic heterocycles. The molecule has 18 heavy (non-hydrogen) atoms. The lowest BCUT2D eigenvalue weighted by Gasteiger charge is -2.10. The van der Waals surface area contributed by atoms with Crippen molar-refractivity contribution in [1.82, 2.24) is 19.9 Å². The number of imidazole rings is 1. The Bertz CT molecular complexity index is 548. The lowest BCUT2D eigenvalue weighted by molar-refractivity contribution is 0.963. The predicted molar refractivity (Wildman–Crippen MR) is 73.5 cm³/mol. The van der Waals surface area contributed by atoms with Crippen LogP contribution in [0, 0.1) is 0 Å². The monoisotopic (exact) mass is 307 g/mol. The van der Waals surface area contributed by atoms with E-state index in [1.54, 1.807) is 12.4 Å². The Hall–Kier alpha value is -1.43. The zero-order valence-electron chi connectivity index (χ0n) is 10.1. The molecule has 0 aromatic carbocycles. The quantitative estimate of drug-likeness (QED) is 0.911. The van der Waals surface area contributed by atoms with Gasteiger partial charge >= 0.3 is 0 Å². The molecule has 1 aliphatic rings. The van der Waals surface area contributed by atoms with Crippen LogP contribution in [0.15, 0.2) is 16.9 Å². The maximum Gasteiger partial charge on any atom is 0.197 e. The summed E-state index contributed by atoms with van der Waals surface area (Å²) >= 11 is 3.60. The van der Waals surface area contributed by atoms with Crippen molar-refractivity contribution >= 4 is 21.7 Å². The highest BCUT2D eigenvalue weighted by Crippen LogP contribution is 2.44. The van der Waals surface area contributed by atoms with Crippen LogP contribution in [-0.2, 0) is 0 Å². The lowest BCUT2D eigenvalue weighted by Crippen LogP contribution is -2.06. The van der Waals surface area contributed by atoms with Gasteiger partial charge in [0.25, 0.3) is 0 Å². The molecule has 2 N–H and O–H groups in total. The highest BCUT2D eigenvalue weighted by molar-refractivity contribution is 9.10. The molecular weight excluding hydrogens is 294 g/mol. The second-order valence-electron chi connectivity index (χ2n) is 4.34. The predicted octanol–water partition coefficient (Wildman–Crippen LogP) is 2.94. The first-order valence-corrected chi connectivity index (χ1v) is 6.90. The Kier molecular flexibility index (Phi) is 3.03. The summed E-state index contributed by atoms with van der Waals surface area (Å²) < 4.78 is 0.988. The fraction of sp³-hybridized carbons (Fsp3) is 0.417. The highest BCUT2D eigenvalue weighted by Gasteiger charge is 2.29. The SMILES string of the molecule is CCNc1nc(-c2ncc[nH]2)nc(C2CC2)c1Br. The standard InChI is InChI=1S/C12H14BrN5/c1-2-14-10-8(13)9(7-3-4-7)17-12(18-10)11-15-5-6-16-11/h5-7H,2-4H2,1H3,(H,15,16)(H,14,17,18). The van der Waals surface area contributed by atoms with Crippen molar-refractivity contribution < 1.29 is 0 Å². The zero-order valence-corrected chi connectivity index (χ0v) is 11.7. The van der Waals surface area contributed by atoms with Crippen LogP contribution >= 0.6 is 15.9 Å². The molecule has 0 spiro atoms. The normalized spacial score (nSPS) is 14.8. The zero-order chi connectivity index (χ0) is 12.5. The van der Waals surface area contributed by atoms with E-state index in [1.165, 1.54) is 12.8 Å². The molecule has 0 bridgehead atoms. The summed E-state index contributed by atoms with van der Waals surface area (Å²) in [4.78, 5) is 16.4. The first-order valence-electron chi connectivity index (χ1n) is 6.10. The van der Waals surface area contributed by atoms with Gasteiger partial charge < -0.3 is 10.3 Å². The number of anilines is 1. The summed E-state index contributed by atoms with van der Waals surface area (Å²) in [6.07, 6.45) is 5.91. The van der Waals surface area contributed by atoms with Gasteiger partial charge in [-0.2, -0.15) is 0 Å². The fourth-order valence-corrected chi connectivity index (χ4v) is 2.51. The minimum absolute atomic E-state index is 0.563. The topological polar surface area (TPSA) is 66.5 Å². The average molecular weight is 308 g/mol. The Morgan fingerprint density at radius 3 is 2.89 bits per heavy atom. The molecule has 0 saturated heterocycles. The van der Waals surface area contributed by atoms with E-state index < -0.39 is 0 Å². The number of aromatic nitrogens is 4. The number of hydrogen-bond acceptors (Lipinski definition) is 4. The third kappa shape index (κ3) is 2.12. The Morgan fingerprint density at radius 2 is 2.28 bits per heavy atom. The number of H-pyrrole nitrogens is 1. The van der Waals surface area contributed by atoms with Gasteiger partial charge in [-0.3, -0.25) is 0 Å². The van der Waals surface area contributed by atoms with Gasteiger partial charge in [0.05, 0.1) is 10.2 Å². The number of halogens is 1. The summed E-state index contributed by atoms with van der Waals surface area (Å²) in [5.74, 6) is 2.78. The summed E-state index contributed by atoms with van der Waals surface area (Å²) in [6, 6.07) is 0. The molecule has 0 amide bonds. The van der Waals surface area contributed by atoms with Crippen molar-refractivity contribution in [2.45, 2.75) is 25.7 Å². The van der Waals surface area contributed by atoms with Gasteiger partial charge in [-0.05, 0) is 35.7 Å². The molecule has 2 heterocycles. The van der Waals surface area contributed by atoms with E-state index in [9.17, 15) is 0 Å². The van der Waals surface area contributed by atoms with E-state index in [-0.39, 0.29) is 0 Å². The molecule has 0 unspecified atom stereocenters.